The molecule has 0 aromatic heterocycles. The lowest BCUT2D eigenvalue weighted by molar-refractivity contribution is 1.29. The van der Waals surface area contributed by atoms with Gasteiger partial charge < -0.3 is 0 Å². The second-order valence-corrected chi connectivity index (χ2v) is 6.68. The Bertz CT molecular complexity index is 495. The number of hydrogen-bond donors (Lipinski definition) is 0. The molecule has 0 amide bonds. The van der Waals surface area contributed by atoms with Crippen LogP contribution in [0.4, 0.5) is 0 Å². The van der Waals surface area contributed by atoms with Gasteiger partial charge in [-0.25, -0.2) is 0 Å². The first-order valence-electron chi connectivity index (χ1n) is 6.22. The van der Waals surface area contributed by atoms with Crippen molar-refractivity contribution in [3.63, 3.8) is 0 Å². The van der Waals surface area contributed by atoms with Crippen molar-refractivity contribution in [2.45, 2.75) is 21.3 Å². The SMILES string of the molecule is BrCc1cccc(CBr)c1-c1c(CBr)cccc1CBr. The topological polar surface area (TPSA) is 0 Å². The largest absolute Gasteiger partial charge is 0.0876 e. The Morgan fingerprint density at radius 2 is 0.750 bits per heavy atom. The minimum atomic E-state index is 0.863. The van der Waals surface area contributed by atoms with E-state index in [0.29, 0.717) is 0 Å². The van der Waals surface area contributed by atoms with Crippen molar-refractivity contribution >= 4 is 63.7 Å². The van der Waals surface area contributed by atoms with Gasteiger partial charge in [-0.05, 0) is 33.4 Å². The molecule has 0 radical (unpaired) electrons. The van der Waals surface area contributed by atoms with E-state index < -0.39 is 0 Å². The molecule has 2 rings (SSSR count). The van der Waals surface area contributed by atoms with Gasteiger partial charge in [-0.2, -0.15) is 0 Å². The molecule has 0 saturated carbocycles. The van der Waals surface area contributed by atoms with Gasteiger partial charge >= 0.3 is 0 Å². The first-order valence-corrected chi connectivity index (χ1v) is 10.7. The monoisotopic (exact) mass is 522 g/mol. The van der Waals surface area contributed by atoms with Crippen LogP contribution in [0.15, 0.2) is 36.4 Å². The van der Waals surface area contributed by atoms with Crippen LogP contribution in [0, 0.1) is 0 Å². The van der Waals surface area contributed by atoms with Gasteiger partial charge in [0.15, 0.2) is 0 Å². The van der Waals surface area contributed by atoms with Gasteiger partial charge in [0.2, 0.25) is 0 Å². The average Bonchev–Trinajstić information content (AvgIpc) is 2.52. The fourth-order valence-electron chi connectivity index (χ4n) is 2.39. The molecule has 4 heteroatoms. The Morgan fingerprint density at radius 3 is 0.950 bits per heavy atom. The standard InChI is InChI=1S/C16H14Br4/c17-7-11-3-1-4-12(8-18)15(11)16-13(9-19)5-2-6-14(16)10-20/h1-6H,7-10H2. The highest BCUT2D eigenvalue weighted by Crippen LogP contribution is 2.37. The molecule has 0 saturated heterocycles. The molecule has 0 aliphatic heterocycles. The van der Waals surface area contributed by atoms with E-state index in [1.807, 2.05) is 0 Å². The quantitative estimate of drug-likeness (QED) is 0.371. The molecule has 2 aromatic carbocycles. The molecule has 2 aromatic rings. The fraction of sp³-hybridized carbons (Fsp3) is 0.250. The lowest BCUT2D eigenvalue weighted by atomic mass is 9.90. The molecule has 0 atom stereocenters. The summed E-state index contributed by atoms with van der Waals surface area (Å²) in [6.45, 7) is 0. The summed E-state index contributed by atoms with van der Waals surface area (Å²) in [5.74, 6) is 0. The molecule has 0 heterocycles. The van der Waals surface area contributed by atoms with Crippen LogP contribution in [0.3, 0.4) is 0 Å². The maximum absolute atomic E-state index is 3.62. The third-order valence-corrected chi connectivity index (χ3v) is 5.72. The average molecular weight is 526 g/mol. The fourth-order valence-corrected chi connectivity index (χ4v) is 4.26. The highest BCUT2D eigenvalue weighted by atomic mass is 79.9. The van der Waals surface area contributed by atoms with E-state index in [4.69, 9.17) is 0 Å². The van der Waals surface area contributed by atoms with E-state index in [1.165, 1.54) is 33.4 Å². The Labute approximate surface area is 153 Å². The highest BCUT2D eigenvalue weighted by molar-refractivity contribution is 9.09. The van der Waals surface area contributed by atoms with Gasteiger partial charge in [0.25, 0.3) is 0 Å². The van der Waals surface area contributed by atoms with E-state index in [1.54, 1.807) is 0 Å². The molecule has 0 aliphatic carbocycles. The van der Waals surface area contributed by atoms with Gasteiger partial charge in [-0.15, -0.1) is 0 Å². The molecule has 106 valence electrons. The molecule has 20 heavy (non-hydrogen) atoms. The molecular formula is C16H14Br4. The van der Waals surface area contributed by atoms with Gasteiger partial charge in [0.1, 0.15) is 0 Å². The summed E-state index contributed by atoms with van der Waals surface area (Å²) < 4.78 is 0. The zero-order chi connectivity index (χ0) is 14.5. The van der Waals surface area contributed by atoms with Gasteiger partial charge in [0.05, 0.1) is 0 Å². The van der Waals surface area contributed by atoms with Crippen LogP contribution < -0.4 is 0 Å². The minimum absolute atomic E-state index is 0.863. The number of benzene rings is 2. The summed E-state index contributed by atoms with van der Waals surface area (Å²) in [6, 6.07) is 13.0. The number of halogens is 4. The van der Waals surface area contributed by atoms with Crippen molar-refractivity contribution in [1.82, 2.24) is 0 Å². The predicted octanol–water partition coefficient (Wildman–Crippen LogP) is 6.93. The Kier molecular flexibility index (Phi) is 6.79. The predicted molar refractivity (Wildman–Crippen MR) is 102 cm³/mol. The molecule has 0 unspecified atom stereocenters. The molecule has 0 bridgehead atoms. The summed E-state index contributed by atoms with van der Waals surface area (Å²) >= 11 is 14.5. The van der Waals surface area contributed by atoms with Crippen LogP contribution in [0.25, 0.3) is 11.1 Å². The smallest absolute Gasteiger partial charge is 0.0289 e. The number of alkyl halides is 4. The molecule has 0 fully saturated rings. The van der Waals surface area contributed by atoms with Crippen molar-refractivity contribution in [2.24, 2.45) is 0 Å². The van der Waals surface area contributed by atoms with Crippen molar-refractivity contribution in [2.75, 3.05) is 0 Å². The Hall–Kier alpha value is 0.360. The third-order valence-electron chi connectivity index (χ3n) is 3.30. The number of hydrogen-bond acceptors (Lipinski definition) is 0. The summed E-state index contributed by atoms with van der Waals surface area (Å²) in [5, 5.41) is 3.45. The van der Waals surface area contributed by atoms with Crippen LogP contribution >= 0.6 is 63.7 Å². The zero-order valence-corrected chi connectivity index (χ0v) is 17.1. The zero-order valence-electron chi connectivity index (χ0n) is 10.8. The summed E-state index contributed by atoms with van der Waals surface area (Å²) in [7, 11) is 0. The maximum Gasteiger partial charge on any atom is 0.0289 e. The van der Waals surface area contributed by atoms with Crippen LogP contribution in [0.5, 0.6) is 0 Å². The maximum atomic E-state index is 3.62. The lowest BCUT2D eigenvalue weighted by Crippen LogP contribution is -1.99. The first kappa shape index (κ1) is 16.7. The Morgan fingerprint density at radius 1 is 0.500 bits per heavy atom. The lowest BCUT2D eigenvalue weighted by Gasteiger charge is -2.18. The van der Waals surface area contributed by atoms with Gasteiger partial charge in [-0.3, -0.25) is 0 Å². The van der Waals surface area contributed by atoms with Crippen molar-refractivity contribution in [1.29, 1.82) is 0 Å². The second-order valence-electron chi connectivity index (χ2n) is 4.44. The van der Waals surface area contributed by atoms with Crippen LogP contribution in [-0.4, -0.2) is 0 Å². The van der Waals surface area contributed by atoms with E-state index in [-0.39, 0.29) is 0 Å². The summed E-state index contributed by atoms with van der Waals surface area (Å²) in [5.41, 5.74) is 8.03. The van der Waals surface area contributed by atoms with Crippen LogP contribution in [0.1, 0.15) is 22.3 Å². The van der Waals surface area contributed by atoms with E-state index >= 15 is 0 Å². The molecule has 0 spiro atoms. The number of rotatable bonds is 5. The molecule has 0 nitrogen and oxygen atoms in total. The third kappa shape index (κ3) is 3.40. The normalized spacial score (nSPS) is 10.8. The van der Waals surface area contributed by atoms with Crippen molar-refractivity contribution in [3.8, 4) is 11.1 Å². The molecule has 0 aliphatic rings. The van der Waals surface area contributed by atoms with Crippen LogP contribution in [-0.2, 0) is 21.3 Å². The van der Waals surface area contributed by atoms with E-state index in [9.17, 15) is 0 Å². The van der Waals surface area contributed by atoms with Gasteiger partial charge in [0, 0.05) is 21.3 Å². The second kappa shape index (κ2) is 8.11. The van der Waals surface area contributed by atoms with Gasteiger partial charge in [-0.1, -0.05) is 100 Å². The summed E-state index contributed by atoms with van der Waals surface area (Å²) in [4.78, 5) is 0. The first-order chi connectivity index (χ1) is 9.76. The minimum Gasteiger partial charge on any atom is -0.0876 e. The molecular weight excluding hydrogens is 512 g/mol. The summed E-state index contributed by atoms with van der Waals surface area (Å²) in [6.07, 6.45) is 0. The Balaban J connectivity index is 2.79. The van der Waals surface area contributed by atoms with Crippen LogP contribution in [0.2, 0.25) is 0 Å². The van der Waals surface area contributed by atoms with Crippen molar-refractivity contribution in [3.05, 3.63) is 58.7 Å². The van der Waals surface area contributed by atoms with E-state index in [2.05, 4.69) is 100 Å². The highest BCUT2D eigenvalue weighted by Gasteiger charge is 2.16. The van der Waals surface area contributed by atoms with E-state index in [0.717, 1.165) is 21.3 Å². The van der Waals surface area contributed by atoms with Crippen molar-refractivity contribution < 1.29 is 0 Å². The molecule has 0 N–H and O–H groups in total.